The Morgan fingerprint density at radius 3 is 2.69 bits per heavy atom. The number of para-hydroxylation sites is 1. The van der Waals surface area contributed by atoms with Crippen LogP contribution in [0.2, 0.25) is 0 Å². The van der Waals surface area contributed by atoms with Gasteiger partial charge in [0, 0.05) is 0 Å². The molecule has 2 atom stereocenters. The Morgan fingerprint density at radius 1 is 1.23 bits per heavy atom. The van der Waals surface area contributed by atoms with Crippen LogP contribution in [0.4, 0.5) is 17.3 Å². The first kappa shape index (κ1) is 17.5. The number of amides is 1. The SMILES string of the molecule is NCC(=O)Nc1ccc(N=NC2CC2C(=O)Oc2ccccc2)c(N)n1. The second kappa shape index (κ2) is 7.70. The Morgan fingerprint density at radius 2 is 2.00 bits per heavy atom. The number of ether oxygens (including phenoxy) is 1. The molecule has 5 N–H and O–H groups in total. The number of anilines is 2. The smallest absolute Gasteiger partial charge is 0.316 e. The number of benzene rings is 1. The fourth-order valence-electron chi connectivity index (χ4n) is 2.19. The molecule has 1 fully saturated rings. The third-order valence-corrected chi connectivity index (χ3v) is 3.69. The lowest BCUT2D eigenvalue weighted by atomic mass is 10.3. The highest BCUT2D eigenvalue weighted by Gasteiger charge is 2.45. The van der Waals surface area contributed by atoms with Gasteiger partial charge in [0.25, 0.3) is 0 Å². The summed E-state index contributed by atoms with van der Waals surface area (Å²) in [5.41, 5.74) is 11.4. The topological polar surface area (TPSA) is 145 Å². The highest BCUT2D eigenvalue weighted by Crippen LogP contribution is 2.37. The molecule has 2 aromatic rings. The molecule has 2 unspecified atom stereocenters. The van der Waals surface area contributed by atoms with Gasteiger partial charge in [-0.15, -0.1) is 0 Å². The van der Waals surface area contributed by atoms with Crippen LogP contribution < -0.4 is 21.5 Å². The number of carbonyl (C=O) groups excluding carboxylic acids is 2. The molecule has 1 aliphatic rings. The van der Waals surface area contributed by atoms with Gasteiger partial charge in [-0.05, 0) is 30.7 Å². The fourth-order valence-corrected chi connectivity index (χ4v) is 2.19. The summed E-state index contributed by atoms with van der Waals surface area (Å²) in [6.45, 7) is -0.148. The van der Waals surface area contributed by atoms with Crippen molar-refractivity contribution in [3.63, 3.8) is 0 Å². The van der Waals surface area contributed by atoms with Crippen molar-refractivity contribution in [1.29, 1.82) is 0 Å². The van der Waals surface area contributed by atoms with Gasteiger partial charge in [-0.3, -0.25) is 9.59 Å². The second-order valence-corrected chi connectivity index (χ2v) is 5.71. The van der Waals surface area contributed by atoms with E-state index in [2.05, 4.69) is 20.5 Å². The number of nitrogens with two attached hydrogens (primary N) is 2. The summed E-state index contributed by atoms with van der Waals surface area (Å²) in [4.78, 5) is 27.3. The molecule has 1 aromatic carbocycles. The monoisotopic (exact) mass is 354 g/mol. The van der Waals surface area contributed by atoms with Gasteiger partial charge in [0.05, 0.1) is 18.5 Å². The van der Waals surface area contributed by atoms with E-state index in [4.69, 9.17) is 16.2 Å². The zero-order valence-corrected chi connectivity index (χ0v) is 13.8. The maximum atomic E-state index is 12.0. The molecule has 0 saturated heterocycles. The minimum Gasteiger partial charge on any atom is -0.426 e. The van der Waals surface area contributed by atoms with Crippen LogP contribution in [0.1, 0.15) is 6.42 Å². The molecular weight excluding hydrogens is 336 g/mol. The number of rotatable bonds is 6. The number of carbonyl (C=O) groups is 2. The molecule has 9 heteroatoms. The summed E-state index contributed by atoms with van der Waals surface area (Å²) >= 11 is 0. The highest BCUT2D eigenvalue weighted by atomic mass is 16.5. The third kappa shape index (κ3) is 4.39. The van der Waals surface area contributed by atoms with Gasteiger partial charge in [-0.2, -0.15) is 10.2 Å². The van der Waals surface area contributed by atoms with Crippen LogP contribution in [0, 0.1) is 5.92 Å². The number of nitrogens with zero attached hydrogens (tertiary/aromatic N) is 3. The van der Waals surface area contributed by atoms with E-state index in [0.717, 1.165) is 0 Å². The number of aromatic nitrogens is 1. The van der Waals surface area contributed by atoms with Crippen molar-refractivity contribution in [3.05, 3.63) is 42.5 Å². The van der Waals surface area contributed by atoms with E-state index in [1.54, 1.807) is 36.4 Å². The van der Waals surface area contributed by atoms with E-state index < -0.39 is 0 Å². The van der Waals surface area contributed by atoms with Crippen molar-refractivity contribution in [3.8, 4) is 5.75 Å². The maximum Gasteiger partial charge on any atom is 0.316 e. The van der Waals surface area contributed by atoms with E-state index in [-0.39, 0.29) is 42.0 Å². The summed E-state index contributed by atoms with van der Waals surface area (Å²) < 4.78 is 5.28. The van der Waals surface area contributed by atoms with Crippen LogP contribution >= 0.6 is 0 Å². The summed E-state index contributed by atoms with van der Waals surface area (Å²) in [6, 6.07) is 11.8. The molecular formula is C17H18N6O3. The average Bonchev–Trinajstić information content (AvgIpc) is 3.41. The lowest BCUT2D eigenvalue weighted by Crippen LogP contribution is -2.22. The molecule has 0 aliphatic heterocycles. The Bertz CT molecular complexity index is 840. The van der Waals surface area contributed by atoms with Crippen LogP contribution in [0.15, 0.2) is 52.7 Å². The average molecular weight is 354 g/mol. The molecule has 1 saturated carbocycles. The van der Waals surface area contributed by atoms with Gasteiger partial charge in [-0.1, -0.05) is 18.2 Å². The highest BCUT2D eigenvalue weighted by molar-refractivity contribution is 5.91. The van der Waals surface area contributed by atoms with Crippen LogP contribution in [0.3, 0.4) is 0 Å². The summed E-state index contributed by atoms with van der Waals surface area (Å²) in [5, 5.41) is 10.6. The standard InChI is InChI=1S/C17H18N6O3/c18-9-15(24)20-14-7-6-12(16(19)21-14)22-23-13-8-11(13)17(25)26-10-4-2-1-3-5-10/h1-7,11,13H,8-9,18H2,(H3,19,20,21,24). The van der Waals surface area contributed by atoms with Gasteiger partial charge in [0.15, 0.2) is 5.82 Å². The van der Waals surface area contributed by atoms with Crippen molar-refractivity contribution >= 4 is 29.2 Å². The van der Waals surface area contributed by atoms with Gasteiger partial charge < -0.3 is 21.5 Å². The van der Waals surface area contributed by atoms with E-state index >= 15 is 0 Å². The lowest BCUT2D eigenvalue weighted by Gasteiger charge is -2.04. The van der Waals surface area contributed by atoms with Crippen LogP contribution in [-0.4, -0.2) is 29.4 Å². The second-order valence-electron chi connectivity index (χ2n) is 5.71. The fraction of sp³-hybridized carbons (Fsp3) is 0.235. The van der Waals surface area contributed by atoms with Crippen LogP contribution in [-0.2, 0) is 9.59 Å². The number of hydrogen-bond donors (Lipinski definition) is 3. The molecule has 1 aliphatic carbocycles. The number of nitrogen functional groups attached to an aromatic ring is 1. The largest absolute Gasteiger partial charge is 0.426 e. The van der Waals surface area contributed by atoms with Crippen LogP contribution in [0.25, 0.3) is 0 Å². The van der Waals surface area contributed by atoms with Crippen molar-refractivity contribution in [2.45, 2.75) is 12.5 Å². The first-order valence-corrected chi connectivity index (χ1v) is 8.01. The van der Waals surface area contributed by atoms with Crippen molar-refractivity contribution in [2.75, 3.05) is 17.6 Å². The predicted molar refractivity (Wildman–Crippen MR) is 94.8 cm³/mol. The minimum absolute atomic E-state index is 0.118. The molecule has 0 spiro atoms. The molecule has 1 amide bonds. The van der Waals surface area contributed by atoms with Crippen LogP contribution in [0.5, 0.6) is 5.75 Å². The maximum absolute atomic E-state index is 12.0. The summed E-state index contributed by atoms with van der Waals surface area (Å²) in [5.74, 6) is -0.102. The van der Waals surface area contributed by atoms with Crippen molar-refractivity contribution in [1.82, 2.24) is 4.98 Å². The van der Waals surface area contributed by atoms with Crippen molar-refractivity contribution < 1.29 is 14.3 Å². The number of nitrogens with one attached hydrogen (secondary N) is 1. The molecule has 1 aromatic heterocycles. The number of esters is 1. The Balaban J connectivity index is 1.56. The van der Waals surface area contributed by atoms with E-state index in [9.17, 15) is 9.59 Å². The zero-order valence-electron chi connectivity index (χ0n) is 13.8. The first-order chi connectivity index (χ1) is 12.6. The Kier molecular flexibility index (Phi) is 5.18. The van der Waals surface area contributed by atoms with Gasteiger partial charge in [0.1, 0.15) is 17.3 Å². The number of pyridine rings is 1. The van der Waals surface area contributed by atoms with Gasteiger partial charge >= 0.3 is 5.97 Å². The predicted octanol–water partition coefficient (Wildman–Crippen LogP) is 1.64. The third-order valence-electron chi connectivity index (χ3n) is 3.69. The molecule has 0 bridgehead atoms. The number of azo groups is 1. The molecule has 26 heavy (non-hydrogen) atoms. The van der Waals surface area contributed by atoms with Gasteiger partial charge in [-0.25, -0.2) is 4.98 Å². The first-order valence-electron chi connectivity index (χ1n) is 8.01. The summed E-state index contributed by atoms with van der Waals surface area (Å²) in [7, 11) is 0. The quantitative estimate of drug-likeness (QED) is 0.408. The van der Waals surface area contributed by atoms with E-state index in [0.29, 0.717) is 17.9 Å². The molecule has 1 heterocycles. The van der Waals surface area contributed by atoms with Crippen molar-refractivity contribution in [2.24, 2.45) is 21.9 Å². The number of hydrogen-bond acceptors (Lipinski definition) is 8. The van der Waals surface area contributed by atoms with E-state index in [1.807, 2.05) is 6.07 Å². The molecule has 0 radical (unpaired) electrons. The molecule has 9 nitrogen and oxygen atoms in total. The zero-order chi connectivity index (χ0) is 18.5. The molecule has 134 valence electrons. The Labute approximate surface area is 149 Å². The van der Waals surface area contributed by atoms with E-state index in [1.165, 1.54) is 0 Å². The summed E-state index contributed by atoms with van der Waals surface area (Å²) in [6.07, 6.45) is 0.577. The lowest BCUT2D eigenvalue weighted by molar-refractivity contribution is -0.135. The molecule has 3 rings (SSSR count). The normalized spacial score (nSPS) is 18.5. The minimum atomic E-state index is -0.371. The van der Waals surface area contributed by atoms with Gasteiger partial charge in [0.2, 0.25) is 5.91 Å². The Hall–Kier alpha value is -3.33.